The van der Waals surface area contributed by atoms with Crippen molar-refractivity contribution in [2.75, 3.05) is 5.48 Å². The molecule has 1 aromatic carbocycles. The monoisotopic (exact) mass is 254 g/mol. The molecule has 6 heteroatoms. The molecule has 2 aromatic rings. The summed E-state index contributed by atoms with van der Waals surface area (Å²) in [7, 11) is 0. The fourth-order valence-corrected chi connectivity index (χ4v) is 2.05. The third-order valence-electron chi connectivity index (χ3n) is 2.00. The lowest BCUT2D eigenvalue weighted by molar-refractivity contribution is 0.387. The van der Waals surface area contributed by atoms with Crippen molar-refractivity contribution in [1.29, 1.82) is 0 Å². The van der Waals surface area contributed by atoms with Gasteiger partial charge in [0.1, 0.15) is 11.6 Å². The van der Waals surface area contributed by atoms with Crippen molar-refractivity contribution < 1.29 is 14.0 Å². The molecule has 0 saturated carbocycles. The van der Waals surface area contributed by atoms with Gasteiger partial charge in [0.05, 0.1) is 10.6 Å². The molecular weight excluding hydrogens is 246 g/mol. The Bertz CT molecular complexity index is 499. The van der Waals surface area contributed by atoms with Gasteiger partial charge in [0, 0.05) is 29.4 Å². The number of pyridine rings is 1. The zero-order valence-electron chi connectivity index (χ0n) is 8.52. The van der Waals surface area contributed by atoms with Crippen molar-refractivity contribution in [3.63, 3.8) is 0 Å². The minimum atomic E-state index is -0.733. The van der Waals surface area contributed by atoms with E-state index in [0.29, 0.717) is 4.90 Å². The van der Waals surface area contributed by atoms with Crippen LogP contribution in [0.4, 0.5) is 14.5 Å². The van der Waals surface area contributed by atoms with Gasteiger partial charge in [-0.2, -0.15) is 0 Å². The first-order chi connectivity index (χ1) is 8.20. The fraction of sp³-hybridized carbons (Fsp3) is 0. The highest BCUT2D eigenvalue weighted by Gasteiger charge is 2.12. The van der Waals surface area contributed by atoms with E-state index in [2.05, 4.69) is 4.98 Å². The molecule has 88 valence electrons. The molecule has 0 aliphatic rings. The van der Waals surface area contributed by atoms with Gasteiger partial charge in [0.2, 0.25) is 0 Å². The second-order valence-corrected chi connectivity index (χ2v) is 4.25. The highest BCUT2D eigenvalue weighted by molar-refractivity contribution is 7.99. The predicted molar refractivity (Wildman–Crippen MR) is 60.1 cm³/mol. The minimum absolute atomic E-state index is 0.0286. The number of halogens is 2. The molecule has 17 heavy (non-hydrogen) atoms. The molecule has 3 nitrogen and oxygen atoms in total. The van der Waals surface area contributed by atoms with Crippen LogP contribution in [0, 0.1) is 11.6 Å². The Kier molecular flexibility index (Phi) is 3.55. The van der Waals surface area contributed by atoms with Crippen LogP contribution in [0.15, 0.2) is 46.5 Å². The number of rotatable bonds is 3. The first-order valence-corrected chi connectivity index (χ1v) is 5.49. The van der Waals surface area contributed by atoms with E-state index in [4.69, 9.17) is 5.21 Å². The van der Waals surface area contributed by atoms with E-state index in [1.165, 1.54) is 0 Å². The van der Waals surface area contributed by atoms with Crippen LogP contribution in [0.3, 0.4) is 0 Å². The Morgan fingerprint density at radius 3 is 2.24 bits per heavy atom. The number of nitrogens with zero attached hydrogens (tertiary/aromatic N) is 1. The Balaban J connectivity index is 2.33. The normalized spacial score (nSPS) is 10.3. The van der Waals surface area contributed by atoms with Crippen molar-refractivity contribution in [3.05, 3.63) is 48.3 Å². The lowest BCUT2D eigenvalue weighted by atomic mass is 10.3. The third-order valence-corrected chi connectivity index (χ3v) is 3.10. The van der Waals surface area contributed by atoms with Gasteiger partial charge in [0.25, 0.3) is 0 Å². The number of nitrogens with one attached hydrogen (secondary N) is 1. The van der Waals surface area contributed by atoms with Crippen molar-refractivity contribution in [1.82, 2.24) is 4.98 Å². The molecule has 0 fully saturated rings. The number of hydrogen-bond acceptors (Lipinski definition) is 4. The predicted octanol–water partition coefficient (Wildman–Crippen LogP) is 3.31. The molecule has 2 rings (SSSR count). The number of aromatic nitrogens is 1. The lowest BCUT2D eigenvalue weighted by Crippen LogP contribution is -1.94. The van der Waals surface area contributed by atoms with E-state index in [-0.39, 0.29) is 10.6 Å². The summed E-state index contributed by atoms with van der Waals surface area (Å²) in [6, 6.07) is 5.35. The summed E-state index contributed by atoms with van der Waals surface area (Å²) in [5.41, 5.74) is 1.67. The van der Waals surface area contributed by atoms with E-state index in [9.17, 15) is 8.78 Å². The van der Waals surface area contributed by atoms with Crippen LogP contribution in [-0.2, 0) is 0 Å². The van der Waals surface area contributed by atoms with Gasteiger partial charge < -0.3 is 0 Å². The molecular formula is C11H8F2N2OS. The van der Waals surface area contributed by atoms with Crippen molar-refractivity contribution in [2.45, 2.75) is 9.79 Å². The van der Waals surface area contributed by atoms with Gasteiger partial charge in [-0.05, 0) is 12.1 Å². The third kappa shape index (κ3) is 2.72. The molecule has 0 radical (unpaired) electrons. The number of hydrogen-bond donors (Lipinski definition) is 2. The van der Waals surface area contributed by atoms with Crippen LogP contribution in [0.1, 0.15) is 0 Å². The zero-order chi connectivity index (χ0) is 12.3. The quantitative estimate of drug-likeness (QED) is 0.825. The first-order valence-electron chi connectivity index (χ1n) is 4.67. The van der Waals surface area contributed by atoms with Crippen LogP contribution >= 0.6 is 11.8 Å². The summed E-state index contributed by atoms with van der Waals surface area (Å²) in [5, 5.41) is 8.57. The minimum Gasteiger partial charge on any atom is -0.291 e. The molecule has 0 atom stereocenters. The van der Waals surface area contributed by atoms with Gasteiger partial charge in [-0.1, -0.05) is 11.8 Å². The molecule has 0 spiro atoms. The summed E-state index contributed by atoms with van der Waals surface area (Å²) < 4.78 is 27.1. The van der Waals surface area contributed by atoms with Crippen molar-refractivity contribution in [3.8, 4) is 0 Å². The fourth-order valence-electron chi connectivity index (χ4n) is 1.25. The smallest absolute Gasteiger partial charge is 0.142 e. The summed E-state index contributed by atoms with van der Waals surface area (Å²) in [5.74, 6) is -1.47. The molecule has 1 aromatic heterocycles. The van der Waals surface area contributed by atoms with Gasteiger partial charge in [-0.3, -0.25) is 15.7 Å². The Morgan fingerprint density at radius 1 is 1.12 bits per heavy atom. The molecule has 0 bridgehead atoms. The van der Waals surface area contributed by atoms with E-state index >= 15 is 0 Å². The molecule has 1 heterocycles. The second-order valence-electron chi connectivity index (χ2n) is 3.17. The largest absolute Gasteiger partial charge is 0.291 e. The highest BCUT2D eigenvalue weighted by atomic mass is 32.2. The number of anilines is 1. The second kappa shape index (κ2) is 5.11. The molecule has 0 saturated heterocycles. The summed E-state index contributed by atoms with van der Waals surface area (Å²) >= 11 is 0.961. The van der Waals surface area contributed by atoms with Crippen LogP contribution < -0.4 is 5.48 Å². The SMILES string of the molecule is ONc1cc(F)c(Sc2ccncc2)c(F)c1. The Morgan fingerprint density at radius 2 is 1.71 bits per heavy atom. The van der Waals surface area contributed by atoms with Crippen molar-refractivity contribution in [2.24, 2.45) is 0 Å². The van der Waals surface area contributed by atoms with Gasteiger partial charge in [-0.15, -0.1) is 0 Å². The van der Waals surface area contributed by atoms with Gasteiger partial charge >= 0.3 is 0 Å². The van der Waals surface area contributed by atoms with Crippen LogP contribution in [0.25, 0.3) is 0 Å². The molecule has 0 aliphatic heterocycles. The Hall–Kier alpha value is -1.66. The van der Waals surface area contributed by atoms with E-state index in [1.807, 2.05) is 0 Å². The number of benzene rings is 1. The molecule has 2 N–H and O–H groups in total. The van der Waals surface area contributed by atoms with E-state index in [0.717, 1.165) is 23.9 Å². The van der Waals surface area contributed by atoms with Crippen LogP contribution in [0.5, 0.6) is 0 Å². The van der Waals surface area contributed by atoms with Crippen molar-refractivity contribution >= 4 is 17.4 Å². The lowest BCUT2D eigenvalue weighted by Gasteiger charge is -2.06. The van der Waals surface area contributed by atoms with Crippen LogP contribution in [-0.4, -0.2) is 10.2 Å². The maximum Gasteiger partial charge on any atom is 0.142 e. The first kappa shape index (κ1) is 11.8. The maximum atomic E-state index is 13.6. The average molecular weight is 254 g/mol. The topological polar surface area (TPSA) is 45.1 Å². The van der Waals surface area contributed by atoms with E-state index < -0.39 is 11.6 Å². The Labute approximate surface area is 100 Å². The molecule has 0 amide bonds. The van der Waals surface area contributed by atoms with E-state index in [1.54, 1.807) is 30.0 Å². The molecule has 0 aliphatic carbocycles. The maximum absolute atomic E-state index is 13.6. The van der Waals surface area contributed by atoms with Gasteiger partial charge in [-0.25, -0.2) is 8.78 Å². The summed E-state index contributed by atoms with van der Waals surface area (Å²) in [6.45, 7) is 0. The zero-order valence-corrected chi connectivity index (χ0v) is 9.34. The summed E-state index contributed by atoms with van der Waals surface area (Å²) in [4.78, 5) is 4.38. The summed E-state index contributed by atoms with van der Waals surface area (Å²) in [6.07, 6.45) is 3.09. The van der Waals surface area contributed by atoms with Gasteiger partial charge in [0.15, 0.2) is 0 Å². The average Bonchev–Trinajstić information content (AvgIpc) is 2.35. The standard InChI is InChI=1S/C11H8F2N2OS/c12-9-5-7(15-16)6-10(13)11(9)17-8-1-3-14-4-2-8/h1-6,15-16H. The van der Waals surface area contributed by atoms with Crippen LogP contribution in [0.2, 0.25) is 0 Å². The molecule has 0 unspecified atom stereocenters. The highest BCUT2D eigenvalue weighted by Crippen LogP contribution is 2.33.